The van der Waals surface area contributed by atoms with Gasteiger partial charge in [0.05, 0.1) is 31.2 Å². The van der Waals surface area contributed by atoms with Gasteiger partial charge in [-0.15, -0.1) is 0 Å². The van der Waals surface area contributed by atoms with Crippen molar-refractivity contribution >= 4 is 23.2 Å². The van der Waals surface area contributed by atoms with Gasteiger partial charge in [0.15, 0.2) is 0 Å². The van der Waals surface area contributed by atoms with Crippen molar-refractivity contribution in [3.05, 3.63) is 46.7 Å². The van der Waals surface area contributed by atoms with E-state index >= 15 is 0 Å². The van der Waals surface area contributed by atoms with Gasteiger partial charge in [0.2, 0.25) is 0 Å². The van der Waals surface area contributed by atoms with Gasteiger partial charge in [-0.3, -0.25) is 4.79 Å². The first-order valence-corrected chi connectivity index (χ1v) is 6.59. The van der Waals surface area contributed by atoms with Crippen LogP contribution >= 0.6 is 11.6 Å². The molecule has 0 saturated heterocycles. The maximum Gasteiger partial charge on any atom is 0.259 e. The number of nitrogens with zero attached hydrogens (tertiary/aromatic N) is 1. The molecule has 0 radical (unpaired) electrons. The minimum Gasteiger partial charge on any atom is -0.497 e. The van der Waals surface area contributed by atoms with E-state index in [1.165, 1.54) is 7.11 Å². The van der Waals surface area contributed by atoms with Crippen LogP contribution in [0.4, 0.5) is 5.69 Å². The van der Waals surface area contributed by atoms with Crippen LogP contribution in [0.5, 0.6) is 11.5 Å². The molecule has 0 unspecified atom stereocenters. The van der Waals surface area contributed by atoms with Crippen molar-refractivity contribution in [3.63, 3.8) is 0 Å². The first-order chi connectivity index (χ1) is 10.0. The zero-order chi connectivity index (χ0) is 15.4. The highest BCUT2D eigenvalue weighted by molar-refractivity contribution is 6.29. The topological polar surface area (TPSA) is 60.5 Å². The third kappa shape index (κ3) is 3.44. The van der Waals surface area contributed by atoms with Gasteiger partial charge in [0, 0.05) is 6.07 Å². The molecule has 2 rings (SSSR count). The number of aryl methyl sites for hydroxylation is 1. The van der Waals surface area contributed by atoms with Crippen LogP contribution in [0.15, 0.2) is 30.3 Å². The van der Waals surface area contributed by atoms with Crippen molar-refractivity contribution in [1.82, 2.24) is 4.98 Å². The van der Waals surface area contributed by atoms with E-state index in [1.807, 2.05) is 0 Å². The molecule has 21 heavy (non-hydrogen) atoms. The average molecular weight is 307 g/mol. The van der Waals surface area contributed by atoms with Gasteiger partial charge >= 0.3 is 0 Å². The Kier molecular flexibility index (Phi) is 4.65. The second kappa shape index (κ2) is 6.45. The van der Waals surface area contributed by atoms with Gasteiger partial charge < -0.3 is 14.8 Å². The molecule has 1 aromatic heterocycles. The van der Waals surface area contributed by atoms with E-state index in [9.17, 15) is 4.79 Å². The van der Waals surface area contributed by atoms with Crippen LogP contribution in [0, 0.1) is 6.92 Å². The van der Waals surface area contributed by atoms with Gasteiger partial charge in [0.25, 0.3) is 5.91 Å². The predicted octanol–water partition coefficient (Wildman–Crippen LogP) is 3.31. The third-order valence-electron chi connectivity index (χ3n) is 2.95. The number of anilines is 1. The molecule has 0 aliphatic rings. The van der Waals surface area contributed by atoms with Crippen LogP contribution in [-0.4, -0.2) is 25.1 Å². The Morgan fingerprint density at radius 2 is 1.95 bits per heavy atom. The van der Waals surface area contributed by atoms with Crippen LogP contribution in [0.3, 0.4) is 0 Å². The fraction of sp³-hybridized carbons (Fsp3) is 0.200. The van der Waals surface area contributed by atoms with Crippen molar-refractivity contribution in [2.24, 2.45) is 0 Å². The Balaban J connectivity index is 2.28. The van der Waals surface area contributed by atoms with Crippen LogP contribution in [-0.2, 0) is 0 Å². The second-order valence-corrected chi connectivity index (χ2v) is 4.67. The van der Waals surface area contributed by atoms with Gasteiger partial charge in [0.1, 0.15) is 16.7 Å². The summed E-state index contributed by atoms with van der Waals surface area (Å²) in [5, 5.41) is 3.17. The molecular formula is C15H15ClN2O3. The lowest BCUT2D eigenvalue weighted by atomic mass is 10.1. The van der Waals surface area contributed by atoms with Gasteiger partial charge in [-0.25, -0.2) is 4.98 Å². The second-order valence-electron chi connectivity index (χ2n) is 4.29. The highest BCUT2D eigenvalue weighted by Gasteiger charge is 2.14. The third-order valence-corrected chi connectivity index (χ3v) is 3.16. The highest BCUT2D eigenvalue weighted by atomic mass is 35.5. The summed E-state index contributed by atoms with van der Waals surface area (Å²) in [6.45, 7) is 1.77. The highest BCUT2D eigenvalue weighted by Crippen LogP contribution is 2.26. The summed E-state index contributed by atoms with van der Waals surface area (Å²) in [7, 11) is 3.05. The number of hydrogen-bond acceptors (Lipinski definition) is 4. The number of nitrogens with one attached hydrogen (secondary N) is 1. The van der Waals surface area contributed by atoms with E-state index in [-0.39, 0.29) is 5.91 Å². The smallest absolute Gasteiger partial charge is 0.259 e. The summed E-state index contributed by atoms with van der Waals surface area (Å²) in [5.41, 5.74) is 1.65. The molecule has 1 heterocycles. The molecule has 0 fully saturated rings. The normalized spacial score (nSPS) is 10.1. The Morgan fingerprint density at radius 3 is 2.57 bits per heavy atom. The number of hydrogen-bond donors (Lipinski definition) is 1. The molecular weight excluding hydrogens is 292 g/mol. The van der Waals surface area contributed by atoms with Crippen molar-refractivity contribution in [2.45, 2.75) is 6.92 Å². The Morgan fingerprint density at radius 1 is 1.19 bits per heavy atom. The molecule has 1 N–H and O–H groups in total. The van der Waals surface area contributed by atoms with E-state index in [1.54, 1.807) is 44.4 Å². The first kappa shape index (κ1) is 15.1. The number of pyridine rings is 1. The van der Waals surface area contributed by atoms with Crippen LogP contribution < -0.4 is 14.8 Å². The number of ether oxygens (including phenoxy) is 2. The molecule has 0 saturated carbocycles. The molecule has 0 bridgehead atoms. The lowest BCUT2D eigenvalue weighted by Crippen LogP contribution is -2.14. The average Bonchev–Trinajstić information content (AvgIpc) is 2.49. The van der Waals surface area contributed by atoms with Gasteiger partial charge in [-0.05, 0) is 31.2 Å². The Labute approximate surface area is 127 Å². The summed E-state index contributed by atoms with van der Waals surface area (Å²) in [4.78, 5) is 16.4. The molecule has 2 aromatic rings. The number of methoxy groups -OCH3 is 2. The number of rotatable bonds is 4. The standard InChI is InChI=1S/C15H15ClN2O3/c1-9-12(6-7-14(16)17-9)18-15(19)11-5-4-10(20-2)8-13(11)21-3/h4-8H,1-3H3,(H,18,19). The summed E-state index contributed by atoms with van der Waals surface area (Å²) in [6.07, 6.45) is 0. The fourth-order valence-corrected chi connectivity index (χ4v) is 2.03. The van der Waals surface area contributed by atoms with Crippen LogP contribution in [0.1, 0.15) is 16.1 Å². The van der Waals surface area contributed by atoms with E-state index in [2.05, 4.69) is 10.3 Å². The molecule has 0 atom stereocenters. The van der Waals surface area contributed by atoms with E-state index < -0.39 is 0 Å². The monoisotopic (exact) mass is 306 g/mol. The molecule has 1 amide bonds. The maximum absolute atomic E-state index is 12.3. The number of aromatic nitrogens is 1. The lowest BCUT2D eigenvalue weighted by Gasteiger charge is -2.12. The largest absolute Gasteiger partial charge is 0.497 e. The number of benzene rings is 1. The molecule has 1 aromatic carbocycles. The number of amides is 1. The number of carbonyl (C=O) groups is 1. The Bertz CT molecular complexity index is 674. The zero-order valence-electron chi connectivity index (χ0n) is 11.9. The van der Waals surface area contributed by atoms with Crippen molar-refractivity contribution < 1.29 is 14.3 Å². The van der Waals surface area contributed by atoms with E-state index in [0.717, 1.165) is 0 Å². The summed E-state index contributed by atoms with van der Waals surface area (Å²) < 4.78 is 10.3. The van der Waals surface area contributed by atoms with Gasteiger partial charge in [-0.1, -0.05) is 11.6 Å². The van der Waals surface area contributed by atoms with E-state index in [4.69, 9.17) is 21.1 Å². The minimum atomic E-state index is -0.290. The van der Waals surface area contributed by atoms with Gasteiger partial charge in [-0.2, -0.15) is 0 Å². The molecule has 0 aliphatic heterocycles. The molecule has 0 aliphatic carbocycles. The predicted molar refractivity (Wildman–Crippen MR) is 81.5 cm³/mol. The maximum atomic E-state index is 12.3. The summed E-state index contributed by atoms with van der Waals surface area (Å²) in [6, 6.07) is 8.33. The molecule has 0 spiro atoms. The minimum absolute atomic E-state index is 0.290. The van der Waals surface area contributed by atoms with Crippen molar-refractivity contribution in [2.75, 3.05) is 19.5 Å². The van der Waals surface area contributed by atoms with E-state index in [0.29, 0.717) is 33.6 Å². The quantitative estimate of drug-likeness (QED) is 0.880. The van der Waals surface area contributed by atoms with Crippen molar-refractivity contribution in [1.29, 1.82) is 0 Å². The lowest BCUT2D eigenvalue weighted by molar-refractivity contribution is 0.102. The summed E-state index contributed by atoms with van der Waals surface area (Å²) in [5.74, 6) is 0.765. The number of halogens is 1. The summed E-state index contributed by atoms with van der Waals surface area (Å²) >= 11 is 5.79. The zero-order valence-corrected chi connectivity index (χ0v) is 12.7. The SMILES string of the molecule is COc1ccc(C(=O)Nc2ccc(Cl)nc2C)c(OC)c1. The van der Waals surface area contributed by atoms with Crippen LogP contribution in [0.2, 0.25) is 5.15 Å². The molecule has 5 nitrogen and oxygen atoms in total. The fourth-order valence-electron chi connectivity index (χ4n) is 1.84. The number of carbonyl (C=O) groups excluding carboxylic acids is 1. The first-order valence-electron chi connectivity index (χ1n) is 6.21. The van der Waals surface area contributed by atoms with Crippen LogP contribution in [0.25, 0.3) is 0 Å². The Hall–Kier alpha value is -2.27. The van der Waals surface area contributed by atoms with Crippen molar-refractivity contribution in [3.8, 4) is 11.5 Å². The molecule has 110 valence electrons. The molecule has 6 heteroatoms.